The van der Waals surface area contributed by atoms with E-state index in [1.54, 1.807) is 27.7 Å². The first kappa shape index (κ1) is 30.8. The van der Waals surface area contributed by atoms with Crippen molar-refractivity contribution in [2.45, 2.75) is 84.0 Å². The Balaban J connectivity index is 5.64. The number of nitrogens with one attached hydrogen (secondary N) is 3. The third kappa shape index (κ3) is 11.6. The minimum absolute atomic E-state index is 0.0527. The molecule has 0 aromatic carbocycles. The van der Waals surface area contributed by atoms with E-state index in [4.69, 9.17) is 16.6 Å². The molecule has 13 heteroatoms. The molecule has 13 nitrogen and oxygen atoms in total. The number of carboxylic acids is 2. The molecular formula is C21H37N5O8. The first-order valence-corrected chi connectivity index (χ1v) is 11.1. The van der Waals surface area contributed by atoms with Gasteiger partial charge in [0, 0.05) is 6.42 Å². The predicted octanol–water partition coefficient (Wildman–Crippen LogP) is -1.31. The van der Waals surface area contributed by atoms with E-state index in [-0.39, 0.29) is 18.8 Å². The Morgan fingerprint density at radius 3 is 1.85 bits per heavy atom. The fraction of sp³-hybridized carbons (Fsp3) is 0.714. The SMILES string of the molecule is CCC(C)C(NC(=O)C(N)CC(N)=O)C(=O)NC(CCC(=O)O)C(=O)NC(CC(C)C)C(=O)O. The van der Waals surface area contributed by atoms with Crippen LogP contribution in [0.25, 0.3) is 0 Å². The lowest BCUT2D eigenvalue weighted by Gasteiger charge is -2.28. The van der Waals surface area contributed by atoms with Gasteiger partial charge in [-0.25, -0.2) is 4.79 Å². The smallest absolute Gasteiger partial charge is 0.326 e. The van der Waals surface area contributed by atoms with Crippen molar-refractivity contribution in [3.63, 3.8) is 0 Å². The van der Waals surface area contributed by atoms with Gasteiger partial charge in [0.15, 0.2) is 0 Å². The minimum Gasteiger partial charge on any atom is -0.481 e. The Kier molecular flexibility index (Phi) is 13.4. The number of nitrogens with two attached hydrogens (primary N) is 2. The molecule has 0 radical (unpaired) electrons. The van der Waals surface area contributed by atoms with Gasteiger partial charge in [-0.15, -0.1) is 0 Å². The third-order valence-corrected chi connectivity index (χ3v) is 5.15. The van der Waals surface area contributed by atoms with Gasteiger partial charge in [-0.1, -0.05) is 34.1 Å². The summed E-state index contributed by atoms with van der Waals surface area (Å²) in [7, 11) is 0. The molecule has 0 saturated carbocycles. The molecule has 0 rings (SSSR count). The number of carbonyl (C=O) groups is 6. The maximum absolute atomic E-state index is 13.0. The number of hydrogen-bond donors (Lipinski definition) is 7. The number of amides is 4. The van der Waals surface area contributed by atoms with Crippen molar-refractivity contribution in [3.05, 3.63) is 0 Å². The lowest BCUT2D eigenvalue weighted by molar-refractivity contribution is -0.143. The second-order valence-electron chi connectivity index (χ2n) is 8.67. The molecule has 0 bridgehead atoms. The minimum atomic E-state index is -1.36. The van der Waals surface area contributed by atoms with Crippen molar-refractivity contribution in [3.8, 4) is 0 Å². The molecule has 0 aromatic heterocycles. The number of hydrogen-bond acceptors (Lipinski definition) is 7. The molecule has 0 aliphatic heterocycles. The number of carbonyl (C=O) groups excluding carboxylic acids is 4. The van der Waals surface area contributed by atoms with Gasteiger partial charge in [0.05, 0.1) is 12.5 Å². The number of primary amides is 1. The highest BCUT2D eigenvalue weighted by atomic mass is 16.4. The molecule has 34 heavy (non-hydrogen) atoms. The molecule has 0 aromatic rings. The van der Waals surface area contributed by atoms with E-state index in [2.05, 4.69) is 16.0 Å². The van der Waals surface area contributed by atoms with E-state index in [1.165, 1.54) is 0 Å². The second kappa shape index (κ2) is 14.8. The summed E-state index contributed by atoms with van der Waals surface area (Å²) in [6, 6.07) is -5.02. The molecule has 4 amide bonds. The molecule has 0 heterocycles. The molecule has 0 aliphatic carbocycles. The highest BCUT2D eigenvalue weighted by Gasteiger charge is 2.33. The van der Waals surface area contributed by atoms with E-state index < -0.39 is 78.5 Å². The Bertz CT molecular complexity index is 757. The Labute approximate surface area is 198 Å². The zero-order valence-electron chi connectivity index (χ0n) is 20.0. The zero-order chi connectivity index (χ0) is 26.6. The quantitative estimate of drug-likeness (QED) is 0.137. The first-order chi connectivity index (χ1) is 15.7. The van der Waals surface area contributed by atoms with Crippen molar-refractivity contribution < 1.29 is 39.0 Å². The average Bonchev–Trinajstić information content (AvgIpc) is 2.72. The van der Waals surface area contributed by atoms with Crippen molar-refractivity contribution in [2.75, 3.05) is 0 Å². The van der Waals surface area contributed by atoms with E-state index in [0.717, 1.165) is 0 Å². The number of rotatable bonds is 16. The van der Waals surface area contributed by atoms with Crippen LogP contribution < -0.4 is 27.4 Å². The van der Waals surface area contributed by atoms with Crippen LogP contribution >= 0.6 is 0 Å². The highest BCUT2D eigenvalue weighted by molar-refractivity contribution is 5.95. The molecule has 9 N–H and O–H groups in total. The van der Waals surface area contributed by atoms with Crippen molar-refractivity contribution in [1.82, 2.24) is 16.0 Å². The summed E-state index contributed by atoms with van der Waals surface area (Å²) in [6.07, 6.45) is -0.626. The number of carboxylic acid groups (broad SMARTS) is 2. The molecule has 0 aliphatic rings. The van der Waals surface area contributed by atoms with Crippen molar-refractivity contribution in [1.29, 1.82) is 0 Å². The summed E-state index contributed by atoms with van der Waals surface area (Å²) < 4.78 is 0. The van der Waals surface area contributed by atoms with Crippen LogP contribution in [0.1, 0.15) is 59.8 Å². The highest BCUT2D eigenvalue weighted by Crippen LogP contribution is 2.11. The van der Waals surface area contributed by atoms with Crippen molar-refractivity contribution >= 4 is 35.6 Å². The van der Waals surface area contributed by atoms with Crippen LogP contribution in [-0.2, 0) is 28.8 Å². The average molecular weight is 488 g/mol. The van der Waals surface area contributed by atoms with Gasteiger partial charge < -0.3 is 37.6 Å². The van der Waals surface area contributed by atoms with Crippen molar-refractivity contribution in [2.24, 2.45) is 23.3 Å². The van der Waals surface area contributed by atoms with Crippen LogP contribution in [0.15, 0.2) is 0 Å². The summed E-state index contributed by atoms with van der Waals surface area (Å²) >= 11 is 0. The van der Waals surface area contributed by atoms with E-state index >= 15 is 0 Å². The molecule has 5 atom stereocenters. The fourth-order valence-corrected chi connectivity index (χ4v) is 3.03. The van der Waals surface area contributed by atoms with E-state index in [9.17, 15) is 33.9 Å². The Morgan fingerprint density at radius 1 is 0.853 bits per heavy atom. The van der Waals surface area contributed by atoms with Gasteiger partial charge in [-0.2, -0.15) is 0 Å². The molecule has 0 spiro atoms. The molecule has 194 valence electrons. The summed E-state index contributed by atoms with van der Waals surface area (Å²) in [5.74, 6) is -6.19. The summed E-state index contributed by atoms with van der Waals surface area (Å²) in [6.45, 7) is 6.97. The molecule has 5 unspecified atom stereocenters. The van der Waals surface area contributed by atoms with E-state index in [0.29, 0.717) is 6.42 Å². The zero-order valence-corrected chi connectivity index (χ0v) is 20.0. The maximum Gasteiger partial charge on any atom is 0.326 e. The molecule has 0 saturated heterocycles. The normalized spacial score (nSPS) is 15.4. The third-order valence-electron chi connectivity index (χ3n) is 5.15. The summed E-state index contributed by atoms with van der Waals surface area (Å²) in [4.78, 5) is 71.6. The Morgan fingerprint density at radius 2 is 1.41 bits per heavy atom. The second-order valence-corrected chi connectivity index (χ2v) is 8.67. The van der Waals surface area contributed by atoms with Crippen LogP contribution in [0.4, 0.5) is 0 Å². The monoisotopic (exact) mass is 487 g/mol. The lowest BCUT2D eigenvalue weighted by Crippen LogP contribution is -2.59. The van der Waals surface area contributed by atoms with Gasteiger partial charge in [0.1, 0.15) is 18.1 Å². The standard InChI is InChI=1S/C21H37N5O8/c1-5-11(4)17(26-18(30)12(22)9-15(23)27)20(32)24-13(6-7-16(28)29)19(31)25-14(21(33)34)8-10(2)3/h10-14,17H,5-9,22H2,1-4H3,(H2,23,27)(H,24,32)(H,25,31)(H,26,30)(H,28,29)(H,33,34). The van der Waals surface area contributed by atoms with Crippen LogP contribution in [0.3, 0.4) is 0 Å². The summed E-state index contributed by atoms with van der Waals surface area (Å²) in [5, 5.41) is 25.6. The molecular weight excluding hydrogens is 450 g/mol. The predicted molar refractivity (Wildman–Crippen MR) is 121 cm³/mol. The number of aliphatic carboxylic acids is 2. The van der Waals surface area contributed by atoms with Gasteiger partial charge in [-0.05, 0) is 24.7 Å². The van der Waals surface area contributed by atoms with Crippen LogP contribution in [-0.4, -0.2) is 69.9 Å². The largest absolute Gasteiger partial charge is 0.481 e. The van der Waals surface area contributed by atoms with Crippen LogP contribution in [0, 0.1) is 11.8 Å². The molecule has 0 fully saturated rings. The van der Waals surface area contributed by atoms with Gasteiger partial charge in [0.25, 0.3) is 0 Å². The Hall–Kier alpha value is -3.22. The maximum atomic E-state index is 13.0. The van der Waals surface area contributed by atoms with Gasteiger partial charge in [-0.3, -0.25) is 24.0 Å². The van der Waals surface area contributed by atoms with E-state index in [1.807, 2.05) is 0 Å². The van der Waals surface area contributed by atoms with Gasteiger partial charge in [0.2, 0.25) is 23.6 Å². The lowest BCUT2D eigenvalue weighted by atomic mass is 9.96. The topological polar surface area (TPSA) is 231 Å². The fourth-order valence-electron chi connectivity index (χ4n) is 3.03. The van der Waals surface area contributed by atoms with Crippen LogP contribution in [0.2, 0.25) is 0 Å². The van der Waals surface area contributed by atoms with Crippen LogP contribution in [0.5, 0.6) is 0 Å². The first-order valence-electron chi connectivity index (χ1n) is 11.1. The summed E-state index contributed by atoms with van der Waals surface area (Å²) in [5.41, 5.74) is 10.7. The van der Waals surface area contributed by atoms with Gasteiger partial charge >= 0.3 is 11.9 Å².